The van der Waals surface area contributed by atoms with E-state index in [2.05, 4.69) is 11.2 Å². The second-order valence-electron chi connectivity index (χ2n) is 4.27. The van der Waals surface area contributed by atoms with Crippen molar-refractivity contribution < 1.29 is 19.4 Å². The third-order valence-electron chi connectivity index (χ3n) is 2.76. The highest BCUT2D eigenvalue weighted by atomic mass is 16.5. The van der Waals surface area contributed by atoms with Crippen LogP contribution in [0.4, 0.5) is 10.5 Å². The first-order chi connectivity index (χ1) is 10.0. The summed E-state index contributed by atoms with van der Waals surface area (Å²) in [7, 11) is 1.44. The van der Waals surface area contributed by atoms with Crippen LogP contribution in [0.5, 0.6) is 5.75 Å². The maximum atomic E-state index is 12.1. The summed E-state index contributed by atoms with van der Waals surface area (Å²) in [6.45, 7) is 2.58. The number of urea groups is 1. The number of nitrogens with one attached hydrogen (secondary N) is 1. The van der Waals surface area contributed by atoms with Gasteiger partial charge in [0.2, 0.25) is 0 Å². The van der Waals surface area contributed by atoms with Gasteiger partial charge < -0.3 is 20.1 Å². The molecule has 0 aliphatic carbocycles. The molecule has 0 saturated heterocycles. The summed E-state index contributed by atoms with van der Waals surface area (Å²) in [4.78, 5) is 24.8. The molecule has 0 saturated carbocycles. The number of rotatable bonds is 6. The summed E-state index contributed by atoms with van der Waals surface area (Å²) in [6, 6.07) is 3.99. The number of nitrogens with zero attached hydrogens (tertiary/aromatic N) is 1. The third kappa shape index (κ3) is 4.42. The van der Waals surface area contributed by atoms with Gasteiger partial charge >= 0.3 is 12.0 Å². The number of anilines is 1. The van der Waals surface area contributed by atoms with Gasteiger partial charge in [-0.2, -0.15) is 0 Å². The van der Waals surface area contributed by atoms with Crippen molar-refractivity contribution in [2.75, 3.05) is 25.5 Å². The van der Waals surface area contributed by atoms with Crippen molar-refractivity contribution in [3.63, 3.8) is 0 Å². The summed E-state index contributed by atoms with van der Waals surface area (Å²) >= 11 is 0. The summed E-state index contributed by atoms with van der Waals surface area (Å²) in [5, 5.41) is 11.8. The molecule has 0 spiro atoms. The number of terminal acetylenes is 1. The maximum Gasteiger partial charge on any atom is 0.337 e. The fourth-order valence-electron chi connectivity index (χ4n) is 1.76. The Kier molecular flexibility index (Phi) is 6.08. The molecule has 0 radical (unpaired) electrons. The lowest BCUT2D eigenvalue weighted by Crippen LogP contribution is -2.36. The van der Waals surface area contributed by atoms with E-state index < -0.39 is 12.0 Å². The predicted octanol–water partition coefficient (Wildman–Crippen LogP) is 2.27. The first-order valence-electron chi connectivity index (χ1n) is 6.44. The molecule has 2 amide bonds. The van der Waals surface area contributed by atoms with Gasteiger partial charge in [-0.15, -0.1) is 6.42 Å². The van der Waals surface area contributed by atoms with Crippen molar-refractivity contribution in [3.05, 3.63) is 23.8 Å². The van der Waals surface area contributed by atoms with Crippen LogP contribution >= 0.6 is 0 Å². The number of carboxylic acid groups (broad SMARTS) is 1. The Balaban J connectivity index is 2.98. The molecule has 112 valence electrons. The molecule has 2 N–H and O–H groups in total. The van der Waals surface area contributed by atoms with E-state index in [1.807, 2.05) is 6.92 Å². The fourth-order valence-corrected chi connectivity index (χ4v) is 1.76. The van der Waals surface area contributed by atoms with Crippen LogP contribution in [0.15, 0.2) is 18.2 Å². The lowest BCUT2D eigenvalue weighted by atomic mass is 10.1. The van der Waals surface area contributed by atoms with Crippen LogP contribution in [0, 0.1) is 12.3 Å². The largest absolute Gasteiger partial charge is 0.497 e. The number of benzene rings is 1. The van der Waals surface area contributed by atoms with Crippen molar-refractivity contribution >= 4 is 17.7 Å². The minimum absolute atomic E-state index is 0.0418. The molecule has 0 atom stereocenters. The van der Waals surface area contributed by atoms with Gasteiger partial charge in [0, 0.05) is 6.54 Å². The smallest absolute Gasteiger partial charge is 0.337 e. The first-order valence-corrected chi connectivity index (χ1v) is 6.44. The van der Waals surface area contributed by atoms with Gasteiger partial charge in [-0.1, -0.05) is 12.8 Å². The van der Waals surface area contributed by atoms with Gasteiger partial charge in [0.25, 0.3) is 0 Å². The Morgan fingerprint density at radius 1 is 1.48 bits per heavy atom. The fraction of sp³-hybridized carbons (Fsp3) is 0.333. The average Bonchev–Trinajstić information content (AvgIpc) is 2.47. The number of aromatic carboxylic acids is 1. The zero-order valence-electron chi connectivity index (χ0n) is 12.0. The number of carbonyl (C=O) groups excluding carboxylic acids is 1. The number of methoxy groups -OCH3 is 1. The summed E-state index contributed by atoms with van der Waals surface area (Å²) < 4.78 is 4.98. The summed E-state index contributed by atoms with van der Waals surface area (Å²) in [5.41, 5.74) is 0.159. The molecular weight excluding hydrogens is 272 g/mol. The highest BCUT2D eigenvalue weighted by Crippen LogP contribution is 2.22. The predicted molar refractivity (Wildman–Crippen MR) is 79.7 cm³/mol. The van der Waals surface area contributed by atoms with Crippen LogP contribution in [0.25, 0.3) is 0 Å². The first kappa shape index (κ1) is 16.4. The molecule has 0 aliphatic heterocycles. The van der Waals surface area contributed by atoms with Crippen molar-refractivity contribution in [2.45, 2.75) is 13.3 Å². The van der Waals surface area contributed by atoms with Crippen LogP contribution in [0.3, 0.4) is 0 Å². The molecule has 1 rings (SSSR count). The number of ether oxygens (including phenoxy) is 1. The van der Waals surface area contributed by atoms with E-state index in [1.54, 1.807) is 6.07 Å². The van der Waals surface area contributed by atoms with Gasteiger partial charge in [-0.05, 0) is 24.6 Å². The molecular formula is C15H18N2O4. The third-order valence-corrected chi connectivity index (χ3v) is 2.76. The van der Waals surface area contributed by atoms with E-state index >= 15 is 0 Å². The highest BCUT2D eigenvalue weighted by molar-refractivity contribution is 6.00. The zero-order valence-corrected chi connectivity index (χ0v) is 12.0. The minimum Gasteiger partial charge on any atom is -0.497 e. The van der Waals surface area contributed by atoms with E-state index in [9.17, 15) is 14.7 Å². The van der Waals surface area contributed by atoms with Crippen LogP contribution < -0.4 is 10.1 Å². The minimum atomic E-state index is -1.15. The standard InChI is InChI=1S/C15H18N2O4/c1-4-8-17(9-5-2)15(20)16-13-7-6-11(21-3)10-12(13)14(18)19/h1,6-7,10H,5,8-9H2,2-3H3,(H,16,20)(H,18,19). The Labute approximate surface area is 123 Å². The van der Waals surface area contributed by atoms with Crippen molar-refractivity contribution in [2.24, 2.45) is 0 Å². The lowest BCUT2D eigenvalue weighted by Gasteiger charge is -2.20. The second kappa shape index (κ2) is 7.80. The Morgan fingerprint density at radius 3 is 2.71 bits per heavy atom. The number of hydrogen-bond donors (Lipinski definition) is 2. The molecule has 6 nitrogen and oxygen atoms in total. The van der Waals surface area contributed by atoms with E-state index in [1.165, 1.54) is 24.1 Å². The van der Waals surface area contributed by atoms with Gasteiger partial charge in [-0.25, -0.2) is 9.59 Å². The monoisotopic (exact) mass is 290 g/mol. The van der Waals surface area contributed by atoms with Crippen LogP contribution in [0.2, 0.25) is 0 Å². The highest BCUT2D eigenvalue weighted by Gasteiger charge is 2.17. The quantitative estimate of drug-likeness (QED) is 0.788. The van der Waals surface area contributed by atoms with Crippen molar-refractivity contribution in [3.8, 4) is 18.1 Å². The van der Waals surface area contributed by atoms with Gasteiger partial charge in [0.05, 0.1) is 24.9 Å². The SMILES string of the molecule is C#CCN(CCC)C(=O)Nc1ccc(OC)cc1C(=O)O. The van der Waals surface area contributed by atoms with Gasteiger partial charge in [0.15, 0.2) is 0 Å². The van der Waals surface area contributed by atoms with Gasteiger partial charge in [-0.3, -0.25) is 0 Å². The molecule has 0 bridgehead atoms. The molecule has 21 heavy (non-hydrogen) atoms. The molecule has 6 heteroatoms. The van der Waals surface area contributed by atoms with E-state index in [-0.39, 0.29) is 17.8 Å². The van der Waals surface area contributed by atoms with Crippen molar-refractivity contribution in [1.29, 1.82) is 0 Å². The Bertz CT molecular complexity index is 563. The maximum absolute atomic E-state index is 12.1. The van der Waals surface area contributed by atoms with Gasteiger partial charge in [0.1, 0.15) is 5.75 Å². The topological polar surface area (TPSA) is 78.9 Å². The molecule has 1 aromatic rings. The molecule has 0 unspecified atom stereocenters. The Morgan fingerprint density at radius 2 is 2.19 bits per heavy atom. The molecule has 1 aromatic carbocycles. The van der Waals surface area contributed by atoms with Crippen LogP contribution in [-0.4, -0.2) is 42.2 Å². The number of hydrogen-bond acceptors (Lipinski definition) is 3. The lowest BCUT2D eigenvalue weighted by molar-refractivity contribution is 0.0697. The normalized spacial score (nSPS) is 9.57. The number of amides is 2. The van der Waals surface area contributed by atoms with E-state index in [0.29, 0.717) is 12.3 Å². The molecule has 0 fully saturated rings. The number of carbonyl (C=O) groups is 2. The van der Waals surface area contributed by atoms with Crippen molar-refractivity contribution in [1.82, 2.24) is 4.90 Å². The van der Waals surface area contributed by atoms with Crippen LogP contribution in [-0.2, 0) is 0 Å². The second-order valence-corrected chi connectivity index (χ2v) is 4.27. The summed E-state index contributed by atoms with van der Waals surface area (Å²) in [6.07, 6.45) is 5.98. The Hall–Kier alpha value is -2.68. The molecule has 0 heterocycles. The van der Waals surface area contributed by atoms with Crippen LogP contribution in [0.1, 0.15) is 23.7 Å². The summed E-state index contributed by atoms with van der Waals surface area (Å²) in [5.74, 6) is 1.66. The molecule has 0 aliphatic rings. The van der Waals surface area contributed by atoms with E-state index in [0.717, 1.165) is 6.42 Å². The zero-order chi connectivity index (χ0) is 15.8. The molecule has 0 aromatic heterocycles. The van der Waals surface area contributed by atoms with E-state index in [4.69, 9.17) is 11.2 Å². The number of carboxylic acids is 1. The average molecular weight is 290 g/mol.